The number of nitrogens with zero attached hydrogens (tertiary/aromatic N) is 1. The molecular weight excluding hydrogens is 212 g/mol. The van der Waals surface area contributed by atoms with Gasteiger partial charge in [-0.1, -0.05) is 26.2 Å². The maximum atomic E-state index is 8.65. The van der Waals surface area contributed by atoms with Crippen LogP contribution in [0.25, 0.3) is 0 Å². The average molecular weight is 232 g/mol. The summed E-state index contributed by atoms with van der Waals surface area (Å²) in [7, 11) is 0. The number of nitrogens with one attached hydrogen (secondary N) is 1. The fourth-order valence-electron chi connectivity index (χ4n) is 2.61. The van der Waals surface area contributed by atoms with Crippen LogP contribution in [0.4, 0.5) is 0 Å². The Morgan fingerprint density at radius 1 is 1.41 bits per heavy atom. The van der Waals surface area contributed by atoms with Crippen molar-refractivity contribution in [1.29, 1.82) is 5.26 Å². The molecule has 0 spiro atoms. The Bertz CT molecular complexity index is 391. The molecule has 1 aromatic rings. The minimum absolute atomic E-state index is 0.396. The van der Waals surface area contributed by atoms with Crippen molar-refractivity contribution in [3.63, 3.8) is 0 Å². The summed E-state index contributed by atoms with van der Waals surface area (Å²) in [6.45, 7) is 4.14. The van der Waals surface area contributed by atoms with Gasteiger partial charge in [-0.25, -0.2) is 0 Å². The number of rotatable bonds is 4. The second kappa shape index (κ2) is 5.88. The molecule has 1 aliphatic rings. The van der Waals surface area contributed by atoms with Crippen molar-refractivity contribution in [2.75, 3.05) is 6.54 Å². The molecule has 2 rings (SSSR count). The van der Waals surface area contributed by atoms with E-state index >= 15 is 0 Å². The summed E-state index contributed by atoms with van der Waals surface area (Å²) in [5.41, 5.74) is 0. The zero-order valence-electron chi connectivity index (χ0n) is 10.4. The van der Waals surface area contributed by atoms with E-state index in [1.54, 1.807) is 6.07 Å². The van der Waals surface area contributed by atoms with Crippen molar-refractivity contribution in [3.05, 3.63) is 23.7 Å². The van der Waals surface area contributed by atoms with E-state index in [1.165, 1.54) is 25.7 Å². The summed E-state index contributed by atoms with van der Waals surface area (Å²) in [6.07, 6.45) is 5.47. The highest BCUT2D eigenvalue weighted by Crippen LogP contribution is 2.28. The van der Waals surface area contributed by atoms with Crippen LogP contribution in [0.15, 0.2) is 16.5 Å². The lowest BCUT2D eigenvalue weighted by Gasteiger charge is -2.28. The topological polar surface area (TPSA) is 49.0 Å². The monoisotopic (exact) mass is 232 g/mol. The van der Waals surface area contributed by atoms with Crippen LogP contribution in [0.1, 0.15) is 44.1 Å². The smallest absolute Gasteiger partial charge is 0.203 e. The summed E-state index contributed by atoms with van der Waals surface area (Å²) in [4.78, 5) is 0. The first-order valence-corrected chi connectivity index (χ1v) is 6.49. The SMILES string of the molecule is CC1CCCCC1CNCc1ccc(C#N)o1. The van der Waals surface area contributed by atoms with E-state index in [2.05, 4.69) is 12.2 Å². The summed E-state index contributed by atoms with van der Waals surface area (Å²) in [5.74, 6) is 2.88. The average Bonchev–Trinajstić information content (AvgIpc) is 2.80. The van der Waals surface area contributed by atoms with Crippen LogP contribution in [0.5, 0.6) is 0 Å². The first-order chi connectivity index (χ1) is 8.29. The molecule has 2 unspecified atom stereocenters. The second-order valence-corrected chi connectivity index (χ2v) is 5.03. The standard InChI is InChI=1S/C14H20N2O/c1-11-4-2-3-5-12(11)9-16-10-14-7-6-13(8-15)17-14/h6-7,11-12,16H,2-5,9-10H2,1H3. The Morgan fingerprint density at radius 2 is 2.24 bits per heavy atom. The molecule has 1 saturated carbocycles. The lowest BCUT2D eigenvalue weighted by atomic mass is 9.80. The molecule has 1 heterocycles. The largest absolute Gasteiger partial charge is 0.449 e. The first-order valence-electron chi connectivity index (χ1n) is 6.49. The highest BCUT2D eigenvalue weighted by Gasteiger charge is 2.20. The van der Waals surface area contributed by atoms with Gasteiger partial charge in [0.15, 0.2) is 0 Å². The van der Waals surface area contributed by atoms with Crippen LogP contribution in [-0.2, 0) is 6.54 Å². The molecule has 1 N–H and O–H groups in total. The van der Waals surface area contributed by atoms with Crippen LogP contribution in [-0.4, -0.2) is 6.54 Å². The van der Waals surface area contributed by atoms with Gasteiger partial charge in [0.05, 0.1) is 6.54 Å². The molecule has 17 heavy (non-hydrogen) atoms. The molecule has 0 radical (unpaired) electrons. The minimum atomic E-state index is 0.396. The molecule has 1 fully saturated rings. The van der Waals surface area contributed by atoms with Gasteiger partial charge in [0.25, 0.3) is 0 Å². The van der Waals surface area contributed by atoms with Gasteiger partial charge in [-0.15, -0.1) is 0 Å². The molecule has 3 heteroatoms. The van der Waals surface area contributed by atoms with Crippen LogP contribution in [0, 0.1) is 23.2 Å². The Labute approximate surface area is 103 Å². The molecule has 0 amide bonds. The second-order valence-electron chi connectivity index (χ2n) is 5.03. The summed E-state index contributed by atoms with van der Waals surface area (Å²) >= 11 is 0. The zero-order valence-corrected chi connectivity index (χ0v) is 10.4. The Kier molecular flexibility index (Phi) is 4.22. The van der Waals surface area contributed by atoms with Gasteiger partial charge in [-0.2, -0.15) is 5.26 Å². The molecule has 0 bridgehead atoms. The third-order valence-corrected chi connectivity index (χ3v) is 3.77. The van der Waals surface area contributed by atoms with Crippen molar-refractivity contribution in [2.45, 2.75) is 39.2 Å². The van der Waals surface area contributed by atoms with Gasteiger partial charge >= 0.3 is 0 Å². The molecule has 3 nitrogen and oxygen atoms in total. The minimum Gasteiger partial charge on any atom is -0.449 e. The van der Waals surface area contributed by atoms with Crippen molar-refractivity contribution >= 4 is 0 Å². The van der Waals surface area contributed by atoms with Crippen molar-refractivity contribution in [3.8, 4) is 6.07 Å². The lowest BCUT2D eigenvalue weighted by Crippen LogP contribution is -2.28. The van der Waals surface area contributed by atoms with E-state index in [9.17, 15) is 0 Å². The Hall–Kier alpha value is -1.27. The number of nitriles is 1. The first kappa shape index (κ1) is 12.2. The van der Waals surface area contributed by atoms with Gasteiger partial charge in [-0.3, -0.25) is 0 Å². The molecule has 0 saturated heterocycles. The van der Waals surface area contributed by atoms with E-state index in [0.717, 1.165) is 30.7 Å². The van der Waals surface area contributed by atoms with Crippen LogP contribution in [0.2, 0.25) is 0 Å². The van der Waals surface area contributed by atoms with Gasteiger partial charge in [0.2, 0.25) is 5.76 Å². The summed E-state index contributed by atoms with van der Waals surface area (Å²) < 4.78 is 5.33. The number of furan rings is 1. The lowest BCUT2D eigenvalue weighted by molar-refractivity contribution is 0.246. The molecule has 1 aromatic heterocycles. The predicted octanol–water partition coefficient (Wildman–Crippen LogP) is 3.07. The maximum Gasteiger partial charge on any atom is 0.203 e. The fraction of sp³-hybridized carbons (Fsp3) is 0.643. The fourth-order valence-corrected chi connectivity index (χ4v) is 2.61. The van der Waals surface area contributed by atoms with E-state index < -0.39 is 0 Å². The van der Waals surface area contributed by atoms with Crippen molar-refractivity contribution in [1.82, 2.24) is 5.32 Å². The van der Waals surface area contributed by atoms with Crippen molar-refractivity contribution in [2.24, 2.45) is 11.8 Å². The Morgan fingerprint density at radius 3 is 2.94 bits per heavy atom. The van der Waals surface area contributed by atoms with Crippen molar-refractivity contribution < 1.29 is 4.42 Å². The number of hydrogen-bond acceptors (Lipinski definition) is 3. The van der Waals surface area contributed by atoms with E-state index in [-0.39, 0.29) is 0 Å². The molecule has 92 valence electrons. The van der Waals surface area contributed by atoms with E-state index in [4.69, 9.17) is 9.68 Å². The van der Waals surface area contributed by atoms with Crippen LogP contribution >= 0.6 is 0 Å². The van der Waals surface area contributed by atoms with Gasteiger partial charge in [0, 0.05) is 0 Å². The molecule has 2 atom stereocenters. The van der Waals surface area contributed by atoms with Crippen LogP contribution < -0.4 is 5.32 Å². The summed E-state index contributed by atoms with van der Waals surface area (Å²) in [5, 5.41) is 12.1. The quantitative estimate of drug-likeness (QED) is 0.868. The summed E-state index contributed by atoms with van der Waals surface area (Å²) in [6, 6.07) is 5.59. The normalized spacial score (nSPS) is 24.5. The third-order valence-electron chi connectivity index (χ3n) is 3.77. The number of hydrogen-bond donors (Lipinski definition) is 1. The molecular formula is C14H20N2O. The highest BCUT2D eigenvalue weighted by atomic mass is 16.3. The van der Waals surface area contributed by atoms with E-state index in [0.29, 0.717) is 5.76 Å². The third kappa shape index (κ3) is 3.34. The van der Waals surface area contributed by atoms with E-state index in [1.807, 2.05) is 12.1 Å². The van der Waals surface area contributed by atoms with Gasteiger partial charge in [-0.05, 0) is 36.9 Å². The predicted molar refractivity (Wildman–Crippen MR) is 66.3 cm³/mol. The highest BCUT2D eigenvalue weighted by molar-refractivity contribution is 5.18. The van der Waals surface area contributed by atoms with Crippen LogP contribution in [0.3, 0.4) is 0 Å². The molecule has 0 aliphatic heterocycles. The van der Waals surface area contributed by atoms with Gasteiger partial charge in [0.1, 0.15) is 11.8 Å². The van der Waals surface area contributed by atoms with Gasteiger partial charge < -0.3 is 9.73 Å². The molecule has 0 aromatic carbocycles. The maximum absolute atomic E-state index is 8.65. The Balaban J connectivity index is 1.73. The molecule has 1 aliphatic carbocycles. The zero-order chi connectivity index (χ0) is 12.1.